The van der Waals surface area contributed by atoms with E-state index < -0.39 is 24.1 Å². The molecule has 15 heavy (non-hydrogen) atoms. The van der Waals surface area contributed by atoms with Crippen molar-refractivity contribution in [2.75, 3.05) is 6.61 Å². The van der Waals surface area contributed by atoms with Crippen LogP contribution < -0.4 is 0 Å². The third-order valence-electron chi connectivity index (χ3n) is 1.75. The van der Waals surface area contributed by atoms with E-state index in [0.717, 1.165) is 0 Å². The maximum absolute atomic E-state index is 10.8. The Balaban J connectivity index is 2.52. The molecule has 0 aliphatic carbocycles. The van der Waals surface area contributed by atoms with Gasteiger partial charge in [0.1, 0.15) is 0 Å². The molecular formula is C10H13O5+. The molecule has 1 aliphatic heterocycles. The Kier molecular flexibility index (Phi) is 4.03. The van der Waals surface area contributed by atoms with Gasteiger partial charge in [0, 0.05) is 19.9 Å². The SMILES string of the molecule is CC(=O)OC[C@H]1[O+]=CC=C[C@@H]1OC(C)=O. The van der Waals surface area contributed by atoms with Crippen LogP contribution in [0.3, 0.4) is 0 Å². The molecular weight excluding hydrogens is 200 g/mol. The second-order valence-corrected chi connectivity index (χ2v) is 3.07. The highest BCUT2D eigenvalue weighted by molar-refractivity contribution is 5.69. The Hall–Kier alpha value is -1.65. The highest BCUT2D eigenvalue weighted by atomic mass is 16.6. The first-order chi connectivity index (χ1) is 7.09. The van der Waals surface area contributed by atoms with Crippen molar-refractivity contribution in [3.8, 4) is 0 Å². The summed E-state index contributed by atoms with van der Waals surface area (Å²) >= 11 is 0. The van der Waals surface area contributed by atoms with Crippen LogP contribution in [0.25, 0.3) is 0 Å². The fourth-order valence-electron chi connectivity index (χ4n) is 1.14. The Morgan fingerprint density at radius 2 is 2.07 bits per heavy atom. The second kappa shape index (κ2) is 5.29. The summed E-state index contributed by atoms with van der Waals surface area (Å²) in [4.78, 5) is 21.4. The quantitative estimate of drug-likeness (QED) is 0.380. The molecule has 0 aromatic rings. The molecule has 0 radical (unpaired) electrons. The van der Waals surface area contributed by atoms with Gasteiger partial charge in [0.15, 0.2) is 6.61 Å². The van der Waals surface area contributed by atoms with E-state index >= 15 is 0 Å². The van der Waals surface area contributed by atoms with Crippen LogP contribution in [0.5, 0.6) is 0 Å². The molecule has 2 atom stereocenters. The smallest absolute Gasteiger partial charge is 0.344 e. The van der Waals surface area contributed by atoms with Gasteiger partial charge in [-0.2, -0.15) is 0 Å². The minimum atomic E-state index is -0.508. The van der Waals surface area contributed by atoms with Crippen molar-refractivity contribution >= 4 is 18.2 Å². The molecule has 0 aromatic carbocycles. The highest BCUT2D eigenvalue weighted by Gasteiger charge is 2.33. The highest BCUT2D eigenvalue weighted by Crippen LogP contribution is 2.07. The lowest BCUT2D eigenvalue weighted by atomic mass is 10.2. The van der Waals surface area contributed by atoms with Crippen LogP contribution in [-0.2, 0) is 23.5 Å². The fraction of sp³-hybridized carbons (Fsp3) is 0.500. The van der Waals surface area contributed by atoms with Crippen LogP contribution in [0.15, 0.2) is 12.2 Å². The van der Waals surface area contributed by atoms with Crippen LogP contribution in [0.4, 0.5) is 0 Å². The average molecular weight is 213 g/mol. The Bertz CT molecular complexity index is 305. The average Bonchev–Trinajstić information content (AvgIpc) is 2.15. The molecule has 82 valence electrons. The first-order valence-electron chi connectivity index (χ1n) is 4.55. The molecule has 1 rings (SSSR count). The van der Waals surface area contributed by atoms with E-state index in [0.29, 0.717) is 0 Å². The minimum absolute atomic E-state index is 0.0636. The van der Waals surface area contributed by atoms with E-state index in [4.69, 9.17) is 13.9 Å². The van der Waals surface area contributed by atoms with Gasteiger partial charge in [0.25, 0.3) is 0 Å². The summed E-state index contributed by atoms with van der Waals surface area (Å²) in [7, 11) is 0. The predicted molar refractivity (Wildman–Crippen MR) is 51.2 cm³/mol. The molecule has 0 aromatic heterocycles. The van der Waals surface area contributed by atoms with E-state index in [1.165, 1.54) is 20.1 Å². The number of aldehydes is 1. The molecule has 0 spiro atoms. The zero-order valence-corrected chi connectivity index (χ0v) is 8.64. The lowest BCUT2D eigenvalue weighted by Gasteiger charge is -2.14. The predicted octanol–water partition coefficient (Wildman–Crippen LogP) is 0.154. The van der Waals surface area contributed by atoms with Gasteiger partial charge in [-0.1, -0.05) is 0 Å². The summed E-state index contributed by atoms with van der Waals surface area (Å²) in [5, 5.41) is 0. The molecule has 0 saturated heterocycles. The zero-order chi connectivity index (χ0) is 11.3. The third-order valence-corrected chi connectivity index (χ3v) is 1.75. The van der Waals surface area contributed by atoms with Crippen molar-refractivity contribution in [1.29, 1.82) is 0 Å². The standard InChI is InChI=1S/C10H13O5/c1-7(11)14-6-10-9(15-8(2)12)4-3-5-13-10/h3-5,9-10H,6H2,1-2H3/q+1/t9-,10+/m0/s1. The summed E-state index contributed by atoms with van der Waals surface area (Å²) in [6, 6.07) is 0. The van der Waals surface area contributed by atoms with Gasteiger partial charge in [-0.15, -0.1) is 0 Å². The van der Waals surface area contributed by atoms with Gasteiger partial charge >= 0.3 is 24.3 Å². The molecule has 1 aliphatic rings. The van der Waals surface area contributed by atoms with Crippen molar-refractivity contribution in [1.82, 2.24) is 0 Å². The first kappa shape index (κ1) is 11.4. The Labute approximate surface area is 87.4 Å². The number of rotatable bonds is 3. The normalized spacial score (nSPS) is 23.6. The maximum Gasteiger partial charge on any atom is 0.344 e. The van der Waals surface area contributed by atoms with Gasteiger partial charge in [-0.05, 0) is 6.08 Å². The molecule has 5 heteroatoms. The number of esters is 2. The number of allylic oxidation sites excluding steroid dienone is 1. The summed E-state index contributed by atoms with van der Waals surface area (Å²) in [5.74, 6) is -0.794. The molecule has 0 saturated carbocycles. The van der Waals surface area contributed by atoms with Crippen LogP contribution >= 0.6 is 0 Å². The number of ether oxygens (including phenoxy) is 2. The Morgan fingerprint density at radius 3 is 2.67 bits per heavy atom. The lowest BCUT2D eigenvalue weighted by Crippen LogP contribution is -2.36. The number of hydrogen-bond acceptors (Lipinski definition) is 4. The maximum atomic E-state index is 10.8. The van der Waals surface area contributed by atoms with Crippen LogP contribution in [0.2, 0.25) is 0 Å². The van der Waals surface area contributed by atoms with Gasteiger partial charge in [0.05, 0.1) is 0 Å². The van der Waals surface area contributed by atoms with Crippen LogP contribution in [0, 0.1) is 0 Å². The summed E-state index contributed by atoms with van der Waals surface area (Å²) in [6.07, 6.45) is 3.81. The van der Waals surface area contributed by atoms with E-state index in [9.17, 15) is 9.59 Å². The van der Waals surface area contributed by atoms with Gasteiger partial charge < -0.3 is 9.47 Å². The zero-order valence-electron chi connectivity index (χ0n) is 8.64. The van der Waals surface area contributed by atoms with Crippen molar-refractivity contribution < 1.29 is 23.5 Å². The molecule has 5 nitrogen and oxygen atoms in total. The lowest BCUT2D eigenvalue weighted by molar-refractivity contribution is -0.513. The molecule has 0 amide bonds. The second-order valence-electron chi connectivity index (χ2n) is 3.07. The van der Waals surface area contributed by atoms with Crippen molar-refractivity contribution in [3.05, 3.63) is 12.2 Å². The first-order valence-corrected chi connectivity index (χ1v) is 4.55. The topological polar surface area (TPSA) is 63.9 Å². The molecule has 0 unspecified atom stereocenters. The summed E-state index contributed by atoms with van der Waals surface area (Å²) in [6.45, 7) is 2.69. The largest absolute Gasteiger partial charge is 0.456 e. The molecule has 0 fully saturated rings. The van der Waals surface area contributed by atoms with Crippen molar-refractivity contribution in [2.24, 2.45) is 0 Å². The number of carbonyl (C=O) groups excluding carboxylic acids is 3. The summed E-state index contributed by atoms with van der Waals surface area (Å²) in [5.41, 5.74) is 0. The molecule has 0 bridgehead atoms. The van der Waals surface area contributed by atoms with E-state index in [1.54, 1.807) is 12.2 Å². The van der Waals surface area contributed by atoms with Crippen LogP contribution in [0.1, 0.15) is 13.8 Å². The number of hydrogen-bond donors (Lipinski definition) is 0. The Morgan fingerprint density at radius 1 is 1.33 bits per heavy atom. The van der Waals surface area contributed by atoms with Gasteiger partial charge in [-0.25, -0.2) is 0 Å². The van der Waals surface area contributed by atoms with Gasteiger partial charge in [-0.3, -0.25) is 14.0 Å². The third kappa shape index (κ3) is 3.93. The number of carbonyl (C=O) groups is 2. The monoisotopic (exact) mass is 213 g/mol. The van der Waals surface area contributed by atoms with E-state index in [2.05, 4.69) is 0 Å². The summed E-state index contributed by atoms with van der Waals surface area (Å²) < 4.78 is 14.9. The van der Waals surface area contributed by atoms with Crippen molar-refractivity contribution in [3.63, 3.8) is 0 Å². The minimum Gasteiger partial charge on any atom is -0.456 e. The van der Waals surface area contributed by atoms with E-state index in [1.807, 2.05) is 0 Å². The van der Waals surface area contributed by atoms with Crippen LogP contribution in [-0.4, -0.2) is 37.0 Å². The molecule has 0 N–H and O–H groups in total. The van der Waals surface area contributed by atoms with E-state index in [-0.39, 0.29) is 6.61 Å². The molecule has 1 heterocycles. The van der Waals surface area contributed by atoms with Crippen molar-refractivity contribution in [2.45, 2.75) is 26.1 Å². The van der Waals surface area contributed by atoms with Gasteiger partial charge in [0.2, 0.25) is 6.10 Å². The fourth-order valence-corrected chi connectivity index (χ4v) is 1.14.